The Balaban J connectivity index is 1.16. The van der Waals surface area contributed by atoms with Crippen LogP contribution in [0.1, 0.15) is 23.1 Å². The van der Waals surface area contributed by atoms with Gasteiger partial charge in [0.15, 0.2) is 5.58 Å². The van der Waals surface area contributed by atoms with E-state index in [2.05, 4.69) is 44.9 Å². The van der Waals surface area contributed by atoms with E-state index in [4.69, 9.17) is 21.0 Å². The molecular formula is C37H35ClN6O3S. The number of piperazine rings is 1. The van der Waals surface area contributed by atoms with E-state index < -0.39 is 5.97 Å². The number of nitrogens with zero attached hydrogens (tertiary/aromatic N) is 6. The van der Waals surface area contributed by atoms with Crippen LogP contribution in [0, 0.1) is 24.2 Å². The SMILES string of the molecule is Cc1c(-c2nc3cc(CN4CC[C@@H](C(=O)O)C4)cc(C#N)c3o2)cccc1-c1cccc(Sc2cc(N3CCN(C)CC3)ccn2)c1Cl. The van der Waals surface area contributed by atoms with Gasteiger partial charge in [-0.25, -0.2) is 9.97 Å². The second-order valence-corrected chi connectivity index (χ2v) is 14.0. The summed E-state index contributed by atoms with van der Waals surface area (Å²) in [7, 11) is 2.16. The van der Waals surface area contributed by atoms with Crippen LogP contribution in [-0.4, -0.2) is 77.2 Å². The van der Waals surface area contributed by atoms with E-state index in [1.807, 2.05) is 61.7 Å². The Morgan fingerprint density at radius 3 is 2.60 bits per heavy atom. The minimum absolute atomic E-state index is 0.360. The molecule has 0 radical (unpaired) electrons. The van der Waals surface area contributed by atoms with Gasteiger partial charge in [0.1, 0.15) is 16.6 Å². The predicted molar refractivity (Wildman–Crippen MR) is 188 cm³/mol. The summed E-state index contributed by atoms with van der Waals surface area (Å²) >= 11 is 8.66. The molecule has 0 bridgehead atoms. The lowest BCUT2D eigenvalue weighted by atomic mass is 9.96. The van der Waals surface area contributed by atoms with Crippen LogP contribution in [-0.2, 0) is 11.3 Å². The number of likely N-dealkylation sites (tertiary alicyclic amines) is 1. The molecule has 2 aliphatic heterocycles. The number of rotatable bonds is 8. The van der Waals surface area contributed by atoms with Crippen LogP contribution in [0.15, 0.2) is 81.2 Å². The topological polar surface area (TPSA) is 110 Å². The number of benzene rings is 3. The Hall–Kier alpha value is -4.40. The van der Waals surface area contributed by atoms with Crippen molar-refractivity contribution >= 4 is 46.1 Å². The highest BCUT2D eigenvalue weighted by molar-refractivity contribution is 7.99. The first-order valence-electron chi connectivity index (χ1n) is 16.0. The molecule has 2 saturated heterocycles. The number of hydrogen-bond acceptors (Lipinski definition) is 9. The van der Waals surface area contributed by atoms with Gasteiger partial charge >= 0.3 is 5.97 Å². The fraction of sp³-hybridized carbons (Fsp3) is 0.297. The number of aliphatic carboxylic acids is 1. The summed E-state index contributed by atoms with van der Waals surface area (Å²) in [5.74, 6) is -0.697. The molecule has 0 unspecified atom stereocenters. The monoisotopic (exact) mass is 678 g/mol. The van der Waals surface area contributed by atoms with E-state index in [1.165, 1.54) is 5.69 Å². The summed E-state index contributed by atoms with van der Waals surface area (Å²) in [6.07, 6.45) is 2.49. The fourth-order valence-electron chi connectivity index (χ4n) is 6.60. The normalized spacial score (nSPS) is 17.2. The summed E-state index contributed by atoms with van der Waals surface area (Å²) in [5.41, 5.74) is 7.15. The molecule has 2 fully saturated rings. The molecule has 9 nitrogen and oxygen atoms in total. The molecule has 48 heavy (non-hydrogen) atoms. The molecule has 0 spiro atoms. The smallest absolute Gasteiger partial charge is 0.307 e. The summed E-state index contributed by atoms with van der Waals surface area (Å²) in [6, 6.07) is 22.2. The maximum Gasteiger partial charge on any atom is 0.307 e. The number of pyridine rings is 1. The number of nitriles is 1. The lowest BCUT2D eigenvalue weighted by Gasteiger charge is -2.34. The van der Waals surface area contributed by atoms with Gasteiger partial charge in [-0.05, 0) is 80.0 Å². The molecule has 0 amide bonds. The number of likely N-dealkylation sites (N-methyl/N-ethyl adjacent to an activating group) is 1. The second kappa shape index (κ2) is 13.6. The zero-order valence-electron chi connectivity index (χ0n) is 26.8. The molecule has 244 valence electrons. The summed E-state index contributed by atoms with van der Waals surface area (Å²) in [4.78, 5) is 28.7. The molecule has 11 heteroatoms. The third-order valence-electron chi connectivity index (χ3n) is 9.32. The standard InChI is InChI=1S/C37H35ClN6O3S/c1-23-28(30-7-4-8-32(34(30)38)48-33-19-27(9-11-40-33)44-15-13-42(2)14-16-44)5-3-6-29(23)36-41-31-18-24(17-26(20-39)35(31)47-36)21-43-12-10-25(22-43)37(45)46/h3-9,11,17-19,25H,10,12-16,21-22H2,1-2H3,(H,45,46)/t25-/m1/s1. The first-order valence-corrected chi connectivity index (χ1v) is 17.2. The molecule has 5 aromatic rings. The summed E-state index contributed by atoms with van der Waals surface area (Å²) in [5, 5.41) is 20.9. The van der Waals surface area contributed by atoms with Gasteiger partial charge in [0, 0.05) is 67.2 Å². The molecular weight excluding hydrogens is 644 g/mol. The minimum atomic E-state index is -0.764. The first-order chi connectivity index (χ1) is 23.3. The minimum Gasteiger partial charge on any atom is -0.481 e. The van der Waals surface area contributed by atoms with Crippen molar-refractivity contribution in [3.8, 4) is 28.7 Å². The predicted octanol–water partition coefficient (Wildman–Crippen LogP) is 7.20. The van der Waals surface area contributed by atoms with E-state index >= 15 is 0 Å². The average Bonchev–Trinajstić information content (AvgIpc) is 3.74. The number of carboxylic acids is 1. The Labute approximate surface area is 288 Å². The largest absolute Gasteiger partial charge is 0.481 e. The van der Waals surface area contributed by atoms with E-state index in [1.54, 1.807) is 11.8 Å². The quantitative estimate of drug-likeness (QED) is 0.181. The van der Waals surface area contributed by atoms with Crippen molar-refractivity contribution in [3.05, 3.63) is 88.6 Å². The maximum absolute atomic E-state index is 11.4. The zero-order chi connectivity index (χ0) is 33.4. The number of anilines is 1. The Morgan fingerprint density at radius 2 is 1.83 bits per heavy atom. The van der Waals surface area contributed by atoms with Crippen molar-refractivity contribution in [1.82, 2.24) is 19.8 Å². The van der Waals surface area contributed by atoms with Gasteiger partial charge in [-0.15, -0.1) is 0 Å². The second-order valence-electron chi connectivity index (χ2n) is 12.5. The molecule has 7 rings (SSSR count). The lowest BCUT2D eigenvalue weighted by Crippen LogP contribution is -2.44. The Morgan fingerprint density at radius 1 is 1.06 bits per heavy atom. The molecule has 4 heterocycles. The molecule has 2 aliphatic rings. The van der Waals surface area contributed by atoms with Gasteiger partial charge in [-0.3, -0.25) is 9.69 Å². The average molecular weight is 679 g/mol. The maximum atomic E-state index is 11.4. The first kappa shape index (κ1) is 32.2. The van der Waals surface area contributed by atoms with Crippen LogP contribution in [0.3, 0.4) is 0 Å². The van der Waals surface area contributed by atoms with Gasteiger partial charge in [0.2, 0.25) is 5.89 Å². The molecule has 1 atom stereocenters. The molecule has 0 aliphatic carbocycles. The summed E-state index contributed by atoms with van der Waals surface area (Å²) < 4.78 is 6.24. The van der Waals surface area contributed by atoms with Crippen molar-refractivity contribution < 1.29 is 14.3 Å². The van der Waals surface area contributed by atoms with E-state index in [9.17, 15) is 15.2 Å². The van der Waals surface area contributed by atoms with Crippen molar-refractivity contribution in [2.45, 2.75) is 29.8 Å². The van der Waals surface area contributed by atoms with Crippen molar-refractivity contribution in [3.63, 3.8) is 0 Å². The number of hydrogen-bond donors (Lipinski definition) is 1. The van der Waals surface area contributed by atoms with Crippen LogP contribution in [0.5, 0.6) is 0 Å². The number of carboxylic acid groups (broad SMARTS) is 1. The van der Waals surface area contributed by atoms with Crippen LogP contribution < -0.4 is 4.90 Å². The van der Waals surface area contributed by atoms with E-state index in [-0.39, 0.29) is 5.92 Å². The highest BCUT2D eigenvalue weighted by atomic mass is 35.5. The van der Waals surface area contributed by atoms with Crippen LogP contribution >= 0.6 is 23.4 Å². The van der Waals surface area contributed by atoms with Crippen molar-refractivity contribution in [2.24, 2.45) is 5.92 Å². The molecule has 2 aromatic heterocycles. The third kappa shape index (κ3) is 6.51. The van der Waals surface area contributed by atoms with Crippen molar-refractivity contribution in [1.29, 1.82) is 5.26 Å². The molecule has 0 saturated carbocycles. The number of carbonyl (C=O) groups is 1. The number of fused-ring (bicyclic) bond motifs is 1. The van der Waals surface area contributed by atoms with Gasteiger partial charge in [0.05, 0.1) is 16.5 Å². The Kier molecular flexibility index (Phi) is 9.12. The van der Waals surface area contributed by atoms with Gasteiger partial charge in [-0.1, -0.05) is 47.6 Å². The molecule has 3 aromatic carbocycles. The number of halogens is 1. The van der Waals surface area contributed by atoms with Crippen LogP contribution in [0.4, 0.5) is 5.69 Å². The highest BCUT2D eigenvalue weighted by Gasteiger charge is 2.28. The summed E-state index contributed by atoms with van der Waals surface area (Å²) in [6.45, 7) is 7.83. The highest BCUT2D eigenvalue weighted by Crippen LogP contribution is 2.42. The fourth-order valence-corrected chi connectivity index (χ4v) is 7.81. The van der Waals surface area contributed by atoms with Gasteiger partial charge in [-0.2, -0.15) is 5.26 Å². The van der Waals surface area contributed by atoms with Gasteiger partial charge < -0.3 is 19.3 Å². The number of oxazole rings is 1. The Bertz CT molecular complexity index is 2050. The zero-order valence-corrected chi connectivity index (χ0v) is 28.4. The number of aromatic nitrogens is 2. The van der Waals surface area contributed by atoms with E-state index in [0.717, 1.165) is 63.9 Å². The lowest BCUT2D eigenvalue weighted by molar-refractivity contribution is -0.141. The molecule has 1 N–H and O–H groups in total. The van der Waals surface area contributed by atoms with Crippen molar-refractivity contribution in [2.75, 3.05) is 51.2 Å². The third-order valence-corrected chi connectivity index (χ3v) is 10.8. The van der Waals surface area contributed by atoms with Gasteiger partial charge in [0.25, 0.3) is 0 Å². The van der Waals surface area contributed by atoms with Crippen LogP contribution in [0.2, 0.25) is 5.02 Å². The van der Waals surface area contributed by atoms with Crippen LogP contribution in [0.25, 0.3) is 33.7 Å². The van der Waals surface area contributed by atoms with E-state index in [0.29, 0.717) is 53.6 Å².